The van der Waals surface area contributed by atoms with E-state index in [9.17, 15) is 18.7 Å². The van der Waals surface area contributed by atoms with Gasteiger partial charge in [0.25, 0.3) is 12.3 Å². The van der Waals surface area contributed by atoms with Gasteiger partial charge in [-0.3, -0.25) is 4.79 Å². The number of phenols is 1. The number of aromatic hydroxyl groups is 1. The number of alkyl halides is 3. The molecule has 1 aromatic carbocycles. The van der Waals surface area contributed by atoms with Crippen LogP contribution in [0.5, 0.6) is 5.75 Å². The van der Waals surface area contributed by atoms with Crippen LogP contribution < -0.4 is 0 Å². The van der Waals surface area contributed by atoms with Crippen LogP contribution >= 0.6 is 11.6 Å². The number of phenolic OH excluding ortho intramolecular Hbond substituents is 1. The van der Waals surface area contributed by atoms with Gasteiger partial charge >= 0.3 is 0 Å². The molecule has 1 aromatic rings. The highest BCUT2D eigenvalue weighted by molar-refractivity contribution is 6.18. The molecule has 6 heteroatoms. The maximum absolute atomic E-state index is 12.3. The van der Waals surface area contributed by atoms with Gasteiger partial charge in [0.1, 0.15) is 5.75 Å². The Kier molecular flexibility index (Phi) is 5.15. The Morgan fingerprint density at radius 2 is 2.06 bits per heavy atom. The summed E-state index contributed by atoms with van der Waals surface area (Å²) in [6.45, 7) is -0.682. The third-order valence-corrected chi connectivity index (χ3v) is 2.30. The van der Waals surface area contributed by atoms with Crippen molar-refractivity contribution in [2.75, 3.05) is 19.0 Å². The number of amides is 1. The van der Waals surface area contributed by atoms with Gasteiger partial charge < -0.3 is 10.0 Å². The van der Waals surface area contributed by atoms with Crippen molar-refractivity contribution in [1.82, 2.24) is 4.90 Å². The number of hydrogen-bond donors (Lipinski definition) is 1. The average molecular weight is 264 g/mol. The van der Waals surface area contributed by atoms with Crippen LogP contribution in [0.15, 0.2) is 24.3 Å². The van der Waals surface area contributed by atoms with Crippen LogP contribution in [0.1, 0.15) is 10.4 Å². The topological polar surface area (TPSA) is 40.5 Å². The van der Waals surface area contributed by atoms with E-state index in [2.05, 4.69) is 0 Å². The standard InChI is InChI=1S/C11H12ClF2NO2/c12-5-6-15(7-10(13)14)11(17)8-3-1-2-4-9(8)16/h1-4,10,16H,5-7H2. The summed E-state index contributed by atoms with van der Waals surface area (Å²) in [5.74, 6) is -0.818. The molecule has 17 heavy (non-hydrogen) atoms. The van der Waals surface area contributed by atoms with Gasteiger partial charge in [0, 0.05) is 12.4 Å². The minimum Gasteiger partial charge on any atom is -0.507 e. The molecule has 0 aliphatic carbocycles. The van der Waals surface area contributed by atoms with Gasteiger partial charge in [-0.2, -0.15) is 0 Å². The summed E-state index contributed by atoms with van der Waals surface area (Å²) in [6.07, 6.45) is -2.63. The fourth-order valence-corrected chi connectivity index (χ4v) is 1.57. The fraction of sp³-hybridized carbons (Fsp3) is 0.364. The summed E-state index contributed by atoms with van der Waals surface area (Å²) in [7, 11) is 0. The monoisotopic (exact) mass is 263 g/mol. The molecule has 0 aromatic heterocycles. The zero-order chi connectivity index (χ0) is 12.8. The van der Waals surface area contributed by atoms with Gasteiger partial charge in [-0.15, -0.1) is 11.6 Å². The van der Waals surface area contributed by atoms with Gasteiger partial charge in [-0.25, -0.2) is 8.78 Å². The van der Waals surface area contributed by atoms with Crippen LogP contribution in [0.3, 0.4) is 0 Å². The third-order valence-electron chi connectivity index (χ3n) is 2.13. The molecule has 0 unspecified atom stereocenters. The first-order chi connectivity index (χ1) is 8.06. The molecule has 0 heterocycles. The zero-order valence-corrected chi connectivity index (χ0v) is 9.70. The highest BCUT2D eigenvalue weighted by Crippen LogP contribution is 2.18. The summed E-state index contributed by atoms with van der Waals surface area (Å²) in [4.78, 5) is 12.8. The number of rotatable bonds is 5. The van der Waals surface area contributed by atoms with Gasteiger partial charge in [0.05, 0.1) is 12.1 Å². The predicted molar refractivity (Wildman–Crippen MR) is 60.7 cm³/mol. The molecule has 0 bridgehead atoms. The van der Waals surface area contributed by atoms with E-state index in [0.29, 0.717) is 0 Å². The Bertz CT molecular complexity index is 387. The van der Waals surface area contributed by atoms with Gasteiger partial charge in [0.15, 0.2) is 0 Å². The molecule has 94 valence electrons. The average Bonchev–Trinajstić information content (AvgIpc) is 2.28. The summed E-state index contributed by atoms with van der Waals surface area (Å²) < 4.78 is 24.6. The minimum absolute atomic E-state index is 0.00160. The molecule has 0 radical (unpaired) electrons. The Balaban J connectivity index is 2.88. The number of carbonyl (C=O) groups excluding carboxylic acids is 1. The van der Waals surface area contributed by atoms with Crippen LogP contribution in [0.4, 0.5) is 8.78 Å². The lowest BCUT2D eigenvalue weighted by Gasteiger charge is -2.21. The van der Waals surface area contributed by atoms with Crippen LogP contribution in [-0.2, 0) is 0 Å². The predicted octanol–water partition coefficient (Wildman–Crippen LogP) is 2.34. The van der Waals surface area contributed by atoms with E-state index in [1.807, 2.05) is 0 Å². The van der Waals surface area contributed by atoms with Gasteiger partial charge in [-0.1, -0.05) is 12.1 Å². The number of halogens is 3. The summed E-state index contributed by atoms with van der Waals surface area (Å²) >= 11 is 5.45. The molecule has 0 saturated heterocycles. The molecule has 0 spiro atoms. The smallest absolute Gasteiger partial charge is 0.257 e. The third kappa shape index (κ3) is 3.85. The van der Waals surface area contributed by atoms with Crippen molar-refractivity contribution in [2.24, 2.45) is 0 Å². The summed E-state index contributed by atoms with van der Waals surface area (Å²) in [5, 5.41) is 9.46. The molecule has 1 rings (SSSR count). The normalized spacial score (nSPS) is 10.6. The van der Waals surface area contributed by atoms with Gasteiger partial charge in [-0.05, 0) is 12.1 Å². The first-order valence-corrected chi connectivity index (χ1v) is 5.51. The zero-order valence-electron chi connectivity index (χ0n) is 8.94. The second-order valence-corrected chi connectivity index (χ2v) is 3.73. The van der Waals surface area contributed by atoms with Crippen molar-refractivity contribution in [1.29, 1.82) is 0 Å². The van der Waals surface area contributed by atoms with Crippen molar-refractivity contribution in [3.63, 3.8) is 0 Å². The Morgan fingerprint density at radius 1 is 1.41 bits per heavy atom. The van der Waals surface area contributed by atoms with Crippen molar-refractivity contribution >= 4 is 17.5 Å². The quantitative estimate of drug-likeness (QED) is 0.829. The van der Waals surface area contributed by atoms with E-state index in [0.717, 1.165) is 4.90 Å². The molecule has 0 atom stereocenters. The minimum atomic E-state index is -2.63. The molecule has 1 amide bonds. The van der Waals surface area contributed by atoms with Crippen molar-refractivity contribution in [3.05, 3.63) is 29.8 Å². The van der Waals surface area contributed by atoms with Crippen molar-refractivity contribution in [3.8, 4) is 5.75 Å². The lowest BCUT2D eigenvalue weighted by Crippen LogP contribution is -2.36. The molecule has 3 nitrogen and oxygen atoms in total. The van der Waals surface area contributed by atoms with Crippen LogP contribution in [0.2, 0.25) is 0 Å². The van der Waals surface area contributed by atoms with Crippen molar-refractivity contribution < 1.29 is 18.7 Å². The Hall–Kier alpha value is -1.36. The maximum atomic E-state index is 12.3. The molecular formula is C11H12ClF2NO2. The summed E-state index contributed by atoms with van der Waals surface area (Å²) in [5.41, 5.74) is -0.00160. The van der Waals surface area contributed by atoms with Crippen LogP contribution in [0.25, 0.3) is 0 Å². The molecule has 0 fully saturated rings. The lowest BCUT2D eigenvalue weighted by molar-refractivity contribution is 0.0568. The second-order valence-electron chi connectivity index (χ2n) is 3.35. The maximum Gasteiger partial charge on any atom is 0.257 e. The molecule has 0 saturated carbocycles. The van der Waals surface area contributed by atoms with E-state index >= 15 is 0 Å². The number of para-hydroxylation sites is 1. The fourth-order valence-electron chi connectivity index (χ4n) is 1.37. The highest BCUT2D eigenvalue weighted by atomic mass is 35.5. The number of nitrogens with zero attached hydrogens (tertiary/aromatic N) is 1. The molecule has 1 N–H and O–H groups in total. The van der Waals surface area contributed by atoms with Crippen molar-refractivity contribution in [2.45, 2.75) is 6.43 Å². The Labute approximate surface area is 103 Å². The number of hydrogen-bond acceptors (Lipinski definition) is 2. The van der Waals surface area contributed by atoms with E-state index in [1.165, 1.54) is 12.1 Å². The van der Waals surface area contributed by atoms with E-state index in [-0.39, 0.29) is 23.7 Å². The largest absolute Gasteiger partial charge is 0.507 e. The lowest BCUT2D eigenvalue weighted by atomic mass is 10.1. The van der Waals surface area contributed by atoms with E-state index < -0.39 is 18.9 Å². The summed E-state index contributed by atoms with van der Waals surface area (Å²) in [6, 6.07) is 5.80. The van der Waals surface area contributed by atoms with Gasteiger partial charge in [0.2, 0.25) is 0 Å². The molecule has 0 aliphatic rings. The molecular weight excluding hydrogens is 252 g/mol. The highest BCUT2D eigenvalue weighted by Gasteiger charge is 2.21. The van der Waals surface area contributed by atoms with Crippen LogP contribution in [-0.4, -0.2) is 41.3 Å². The SMILES string of the molecule is O=C(c1ccccc1O)N(CCCl)CC(F)F. The first kappa shape index (κ1) is 13.7. The molecule has 0 aliphatic heterocycles. The van der Waals surface area contributed by atoms with E-state index in [1.54, 1.807) is 12.1 Å². The van der Waals surface area contributed by atoms with E-state index in [4.69, 9.17) is 11.6 Å². The Morgan fingerprint density at radius 3 is 2.59 bits per heavy atom. The number of carbonyl (C=O) groups is 1. The number of benzene rings is 1. The second kappa shape index (κ2) is 6.39. The van der Waals surface area contributed by atoms with Crippen LogP contribution in [0, 0.1) is 0 Å². The first-order valence-electron chi connectivity index (χ1n) is 4.97.